The van der Waals surface area contributed by atoms with Gasteiger partial charge in [0, 0.05) is 50.7 Å². The van der Waals surface area contributed by atoms with Crippen LogP contribution in [-0.2, 0) is 7.05 Å². The summed E-state index contributed by atoms with van der Waals surface area (Å²) in [6.07, 6.45) is 3.64. The van der Waals surface area contributed by atoms with Gasteiger partial charge >= 0.3 is 0 Å². The zero-order chi connectivity index (χ0) is 25.8. The first-order valence-electron chi connectivity index (χ1n) is 12.0. The second-order valence-electron chi connectivity index (χ2n) is 8.94. The molecule has 0 aliphatic carbocycles. The zero-order valence-corrected chi connectivity index (χ0v) is 21.9. The normalized spacial score (nSPS) is 13.8. The maximum Gasteiger partial charge on any atom is 0.242 e. The topological polar surface area (TPSA) is 95.1 Å². The van der Waals surface area contributed by atoms with Crippen LogP contribution < -0.4 is 14.4 Å². The maximum absolute atomic E-state index is 10.1. The highest BCUT2D eigenvalue weighted by molar-refractivity contribution is 8.00. The van der Waals surface area contributed by atoms with Crippen molar-refractivity contribution in [3.63, 3.8) is 0 Å². The Bertz CT molecular complexity index is 1420. The van der Waals surface area contributed by atoms with E-state index in [2.05, 4.69) is 37.7 Å². The van der Waals surface area contributed by atoms with Crippen molar-refractivity contribution in [2.45, 2.75) is 11.8 Å². The van der Waals surface area contributed by atoms with Crippen LogP contribution in [0.3, 0.4) is 0 Å². The summed E-state index contributed by atoms with van der Waals surface area (Å²) in [5, 5.41) is 14.3. The molecule has 2 aromatic heterocycles. The van der Waals surface area contributed by atoms with Gasteiger partial charge in [0.05, 0.1) is 16.8 Å². The van der Waals surface area contributed by atoms with E-state index in [1.54, 1.807) is 10.9 Å². The van der Waals surface area contributed by atoms with Gasteiger partial charge in [0.15, 0.2) is 0 Å². The lowest BCUT2D eigenvalue weighted by atomic mass is 10.0. The summed E-state index contributed by atoms with van der Waals surface area (Å²) in [6, 6.07) is 18.0. The summed E-state index contributed by atoms with van der Waals surface area (Å²) >= 11 is 1.34. The van der Waals surface area contributed by atoms with E-state index in [4.69, 9.17) is 9.72 Å². The fourth-order valence-corrected chi connectivity index (χ4v) is 4.76. The molecule has 188 valence electrons. The number of nitriles is 1. The third-order valence-electron chi connectivity index (χ3n) is 6.25. The van der Waals surface area contributed by atoms with Crippen LogP contribution in [0.5, 0.6) is 11.6 Å². The van der Waals surface area contributed by atoms with Crippen LogP contribution in [0.4, 0.5) is 11.6 Å². The van der Waals surface area contributed by atoms with E-state index in [0.29, 0.717) is 17.4 Å². The third-order valence-corrected chi connectivity index (χ3v) is 6.98. The molecule has 4 aromatic rings. The Morgan fingerprint density at radius 2 is 1.76 bits per heavy atom. The molecule has 1 aliphatic rings. The lowest BCUT2D eigenvalue weighted by Crippen LogP contribution is -2.44. The smallest absolute Gasteiger partial charge is 0.242 e. The molecule has 0 spiro atoms. The minimum absolute atomic E-state index is 0.206. The van der Waals surface area contributed by atoms with Crippen LogP contribution in [-0.4, -0.2) is 57.9 Å². The van der Waals surface area contributed by atoms with E-state index in [0.717, 1.165) is 47.9 Å². The number of piperazine rings is 1. The van der Waals surface area contributed by atoms with Crippen molar-refractivity contribution < 1.29 is 4.74 Å². The fourth-order valence-electron chi connectivity index (χ4n) is 4.15. The van der Waals surface area contributed by atoms with Crippen LogP contribution in [0.25, 0.3) is 11.3 Å². The molecule has 2 aromatic carbocycles. The van der Waals surface area contributed by atoms with E-state index in [-0.39, 0.29) is 11.4 Å². The van der Waals surface area contributed by atoms with E-state index < -0.39 is 0 Å². The van der Waals surface area contributed by atoms with Gasteiger partial charge in [-0.25, -0.2) is 4.98 Å². The number of aromatic nitrogens is 4. The van der Waals surface area contributed by atoms with E-state index >= 15 is 0 Å². The summed E-state index contributed by atoms with van der Waals surface area (Å²) in [5.41, 5.74) is 3.82. The van der Waals surface area contributed by atoms with Crippen LogP contribution >= 0.6 is 11.9 Å². The monoisotopic (exact) mass is 512 g/mol. The zero-order valence-electron chi connectivity index (χ0n) is 21.0. The molecule has 0 unspecified atom stereocenters. The van der Waals surface area contributed by atoms with Gasteiger partial charge in [-0.1, -0.05) is 24.3 Å². The average molecular weight is 513 g/mol. The maximum atomic E-state index is 10.1. The van der Waals surface area contributed by atoms with Crippen molar-refractivity contribution in [2.75, 3.05) is 42.8 Å². The Kier molecular flexibility index (Phi) is 7.25. The molecule has 0 bridgehead atoms. The quantitative estimate of drug-likeness (QED) is 0.353. The Morgan fingerprint density at radius 3 is 2.43 bits per heavy atom. The summed E-state index contributed by atoms with van der Waals surface area (Å²) in [6.45, 7) is 6.06. The van der Waals surface area contributed by atoms with E-state index in [9.17, 15) is 5.26 Å². The molecule has 9 nitrogen and oxygen atoms in total. The minimum atomic E-state index is 0.206. The number of nitrogens with one attached hydrogen (secondary N) is 1. The predicted octanol–water partition coefficient (Wildman–Crippen LogP) is 4.72. The van der Waals surface area contributed by atoms with Crippen molar-refractivity contribution >= 4 is 23.6 Å². The molecule has 1 aliphatic heterocycles. The predicted molar refractivity (Wildman–Crippen MR) is 146 cm³/mol. The highest BCUT2D eigenvalue weighted by Crippen LogP contribution is 2.34. The third kappa shape index (κ3) is 5.69. The molecular weight excluding hydrogens is 484 g/mol. The molecule has 37 heavy (non-hydrogen) atoms. The van der Waals surface area contributed by atoms with Gasteiger partial charge in [0.2, 0.25) is 11.8 Å². The lowest BCUT2D eigenvalue weighted by molar-refractivity contribution is 0.313. The van der Waals surface area contributed by atoms with Crippen molar-refractivity contribution in [1.82, 2.24) is 24.6 Å². The number of aryl methyl sites for hydroxylation is 2. The number of nitrogens with zero attached hydrogens (tertiary/aromatic N) is 7. The van der Waals surface area contributed by atoms with Gasteiger partial charge in [-0.2, -0.15) is 15.3 Å². The highest BCUT2D eigenvalue weighted by atomic mass is 32.2. The standard InChI is InChI=1S/C27H28N8OS/c1-19-6-4-5-7-23(19)25-24(16-28)26(31-27(30-25)32-37-22-17-29-34(3)18-22)36-21-10-8-20(9-11-21)35-14-12-33(2)13-15-35/h4-11,17-18H,12-15H2,1-3H3,(H,30,31,32). The number of hydrogen-bond donors (Lipinski definition) is 1. The van der Waals surface area contributed by atoms with Crippen molar-refractivity contribution in [2.24, 2.45) is 7.05 Å². The summed E-state index contributed by atoms with van der Waals surface area (Å²) < 4.78 is 11.1. The van der Waals surface area contributed by atoms with Gasteiger partial charge in [-0.3, -0.25) is 9.40 Å². The van der Waals surface area contributed by atoms with E-state index in [1.165, 1.54) is 11.9 Å². The molecule has 5 rings (SSSR count). The molecule has 1 fully saturated rings. The number of ether oxygens (including phenoxy) is 1. The minimum Gasteiger partial charge on any atom is -0.437 e. The lowest BCUT2D eigenvalue weighted by Gasteiger charge is -2.34. The number of hydrogen-bond acceptors (Lipinski definition) is 9. The SMILES string of the molecule is Cc1ccccc1-c1nc(NSc2cnn(C)c2)nc(Oc2ccc(N3CCN(C)CC3)cc2)c1C#N. The average Bonchev–Trinajstić information content (AvgIpc) is 3.33. The van der Waals surface area contributed by atoms with Gasteiger partial charge in [-0.05, 0) is 55.7 Å². The first-order valence-corrected chi connectivity index (χ1v) is 12.8. The molecule has 1 N–H and O–H groups in total. The Hall–Kier alpha value is -4.07. The molecule has 0 amide bonds. The number of likely N-dealkylation sites (N-methyl/N-ethyl adjacent to an activating group) is 1. The molecular formula is C27H28N8OS. The first-order chi connectivity index (χ1) is 18.0. The molecule has 3 heterocycles. The Morgan fingerprint density at radius 1 is 1.00 bits per heavy atom. The van der Waals surface area contributed by atoms with Crippen molar-refractivity contribution in [3.8, 4) is 29.0 Å². The van der Waals surface area contributed by atoms with Crippen molar-refractivity contribution in [3.05, 3.63) is 72.1 Å². The van der Waals surface area contributed by atoms with Crippen molar-refractivity contribution in [1.29, 1.82) is 5.26 Å². The highest BCUT2D eigenvalue weighted by Gasteiger charge is 2.20. The van der Waals surface area contributed by atoms with Crippen LogP contribution in [0.2, 0.25) is 0 Å². The largest absolute Gasteiger partial charge is 0.437 e. The molecule has 1 saturated heterocycles. The second kappa shape index (κ2) is 10.9. The molecule has 0 radical (unpaired) electrons. The number of anilines is 2. The van der Waals surface area contributed by atoms with Gasteiger partial charge in [-0.15, -0.1) is 0 Å². The first kappa shape index (κ1) is 24.6. The number of benzene rings is 2. The van der Waals surface area contributed by atoms with Gasteiger partial charge < -0.3 is 14.5 Å². The number of rotatable bonds is 7. The molecule has 0 saturated carbocycles. The van der Waals surface area contributed by atoms with Crippen LogP contribution in [0.1, 0.15) is 11.1 Å². The fraction of sp³-hybridized carbons (Fsp3) is 0.259. The molecule has 0 atom stereocenters. The van der Waals surface area contributed by atoms with E-state index in [1.807, 2.05) is 68.7 Å². The summed E-state index contributed by atoms with van der Waals surface area (Å²) in [7, 11) is 4.01. The Labute approximate surface area is 220 Å². The van der Waals surface area contributed by atoms with Gasteiger partial charge in [0.1, 0.15) is 17.4 Å². The summed E-state index contributed by atoms with van der Waals surface area (Å²) in [4.78, 5) is 14.9. The van der Waals surface area contributed by atoms with Gasteiger partial charge in [0.25, 0.3) is 0 Å². The second-order valence-corrected chi connectivity index (χ2v) is 9.82. The molecule has 10 heteroatoms. The summed E-state index contributed by atoms with van der Waals surface area (Å²) in [5.74, 6) is 1.15. The Balaban J connectivity index is 1.46. The van der Waals surface area contributed by atoms with Crippen LogP contribution in [0, 0.1) is 18.3 Å². The van der Waals surface area contributed by atoms with Crippen LogP contribution in [0.15, 0.2) is 65.8 Å².